The van der Waals surface area contributed by atoms with Crippen molar-refractivity contribution in [2.75, 3.05) is 16.8 Å². The fourth-order valence-corrected chi connectivity index (χ4v) is 3.69. The highest BCUT2D eigenvalue weighted by atomic mass is 16.2. The summed E-state index contributed by atoms with van der Waals surface area (Å²) in [6.07, 6.45) is 4.27. The first-order valence-electron chi connectivity index (χ1n) is 9.58. The highest BCUT2D eigenvalue weighted by molar-refractivity contribution is 6.02. The molecule has 0 radical (unpaired) electrons. The van der Waals surface area contributed by atoms with E-state index in [9.17, 15) is 4.79 Å². The molecule has 7 nitrogen and oxygen atoms in total. The van der Waals surface area contributed by atoms with Gasteiger partial charge in [-0.15, -0.1) is 0 Å². The summed E-state index contributed by atoms with van der Waals surface area (Å²) in [6, 6.07) is 17.4. The SMILES string of the molecule is Cn1cc(N2CCC(Nc3nc(-c4ccccc4)nc4ccccc34)C2=O)cn1. The minimum absolute atomic E-state index is 0.0296. The van der Waals surface area contributed by atoms with Crippen LogP contribution in [-0.4, -0.2) is 38.2 Å². The largest absolute Gasteiger partial charge is 0.358 e. The van der Waals surface area contributed by atoms with Crippen LogP contribution in [0.3, 0.4) is 0 Å². The molecule has 1 fully saturated rings. The molecule has 1 N–H and O–H groups in total. The average molecular weight is 384 g/mol. The lowest BCUT2D eigenvalue weighted by Gasteiger charge is -2.17. The van der Waals surface area contributed by atoms with Gasteiger partial charge in [0.15, 0.2) is 5.82 Å². The molecule has 4 aromatic rings. The van der Waals surface area contributed by atoms with Gasteiger partial charge in [-0.1, -0.05) is 42.5 Å². The number of rotatable bonds is 4. The summed E-state index contributed by atoms with van der Waals surface area (Å²) in [5, 5.41) is 8.46. The Hall–Kier alpha value is -3.74. The third-order valence-corrected chi connectivity index (χ3v) is 5.15. The number of amides is 1. The normalized spacial score (nSPS) is 16.5. The van der Waals surface area contributed by atoms with Crippen molar-refractivity contribution in [1.29, 1.82) is 0 Å². The smallest absolute Gasteiger partial charge is 0.249 e. The molecular formula is C22H20N6O. The molecule has 0 saturated carbocycles. The Morgan fingerprint density at radius 2 is 1.83 bits per heavy atom. The van der Waals surface area contributed by atoms with E-state index in [1.54, 1.807) is 15.8 Å². The quantitative estimate of drug-likeness (QED) is 0.585. The average Bonchev–Trinajstić information content (AvgIpc) is 3.34. The van der Waals surface area contributed by atoms with Gasteiger partial charge in [-0.3, -0.25) is 9.48 Å². The van der Waals surface area contributed by atoms with E-state index >= 15 is 0 Å². The highest BCUT2D eigenvalue weighted by Gasteiger charge is 2.33. The minimum Gasteiger partial charge on any atom is -0.358 e. The lowest BCUT2D eigenvalue weighted by molar-refractivity contribution is -0.117. The monoisotopic (exact) mass is 384 g/mol. The molecule has 1 saturated heterocycles. The van der Waals surface area contributed by atoms with E-state index in [2.05, 4.69) is 10.4 Å². The van der Waals surface area contributed by atoms with Gasteiger partial charge in [0.25, 0.3) is 0 Å². The van der Waals surface area contributed by atoms with Crippen LogP contribution in [0.5, 0.6) is 0 Å². The molecule has 29 heavy (non-hydrogen) atoms. The van der Waals surface area contributed by atoms with E-state index in [0.29, 0.717) is 24.6 Å². The van der Waals surface area contributed by atoms with Crippen LogP contribution in [0.1, 0.15) is 6.42 Å². The molecule has 2 aromatic carbocycles. The van der Waals surface area contributed by atoms with Gasteiger partial charge in [-0.05, 0) is 18.6 Å². The number of nitrogens with zero attached hydrogens (tertiary/aromatic N) is 5. The van der Waals surface area contributed by atoms with E-state index in [0.717, 1.165) is 22.2 Å². The molecule has 144 valence electrons. The van der Waals surface area contributed by atoms with Crippen LogP contribution in [-0.2, 0) is 11.8 Å². The molecule has 0 bridgehead atoms. The van der Waals surface area contributed by atoms with Crippen molar-refractivity contribution in [3.8, 4) is 11.4 Å². The Morgan fingerprint density at radius 3 is 2.62 bits per heavy atom. The van der Waals surface area contributed by atoms with Gasteiger partial charge in [0.05, 0.1) is 17.4 Å². The zero-order valence-corrected chi connectivity index (χ0v) is 16.0. The van der Waals surface area contributed by atoms with Crippen LogP contribution < -0.4 is 10.2 Å². The molecule has 1 aliphatic rings. The number of carbonyl (C=O) groups excluding carboxylic acids is 1. The van der Waals surface area contributed by atoms with Crippen LogP contribution in [0.2, 0.25) is 0 Å². The number of aromatic nitrogens is 4. The first kappa shape index (κ1) is 17.4. The maximum absolute atomic E-state index is 13.0. The number of para-hydroxylation sites is 1. The Labute approximate surface area is 168 Å². The van der Waals surface area contributed by atoms with Crippen molar-refractivity contribution in [3.05, 3.63) is 67.0 Å². The van der Waals surface area contributed by atoms with Crippen LogP contribution >= 0.6 is 0 Å². The number of benzene rings is 2. The molecule has 5 rings (SSSR count). The fraction of sp³-hybridized carbons (Fsp3) is 0.182. The van der Waals surface area contributed by atoms with Crippen molar-refractivity contribution < 1.29 is 4.79 Å². The van der Waals surface area contributed by atoms with E-state index < -0.39 is 0 Å². The number of hydrogen-bond donors (Lipinski definition) is 1. The van der Waals surface area contributed by atoms with E-state index in [1.807, 2.05) is 67.8 Å². The molecule has 1 aliphatic heterocycles. The molecule has 1 amide bonds. The number of hydrogen-bond acceptors (Lipinski definition) is 5. The van der Waals surface area contributed by atoms with E-state index in [1.165, 1.54) is 0 Å². The Balaban J connectivity index is 1.49. The molecule has 2 aromatic heterocycles. The van der Waals surface area contributed by atoms with Gasteiger partial charge in [0.2, 0.25) is 5.91 Å². The van der Waals surface area contributed by atoms with Gasteiger partial charge in [0.1, 0.15) is 11.9 Å². The predicted octanol–water partition coefficient (Wildman–Crippen LogP) is 3.25. The summed E-state index contributed by atoms with van der Waals surface area (Å²) in [5.74, 6) is 1.35. The third-order valence-electron chi connectivity index (χ3n) is 5.15. The maximum atomic E-state index is 13.0. The predicted molar refractivity (Wildman–Crippen MR) is 113 cm³/mol. The molecule has 1 atom stereocenters. The molecule has 3 heterocycles. The van der Waals surface area contributed by atoms with Crippen LogP contribution in [0.25, 0.3) is 22.3 Å². The van der Waals surface area contributed by atoms with Crippen LogP contribution in [0, 0.1) is 0 Å². The van der Waals surface area contributed by atoms with Crippen LogP contribution in [0.15, 0.2) is 67.0 Å². The first-order valence-corrected chi connectivity index (χ1v) is 9.58. The number of nitrogens with one attached hydrogen (secondary N) is 1. The fourth-order valence-electron chi connectivity index (χ4n) is 3.69. The van der Waals surface area contributed by atoms with Crippen molar-refractivity contribution in [1.82, 2.24) is 19.7 Å². The second kappa shape index (κ2) is 7.01. The van der Waals surface area contributed by atoms with Crippen LogP contribution in [0.4, 0.5) is 11.5 Å². The van der Waals surface area contributed by atoms with Crippen molar-refractivity contribution in [2.45, 2.75) is 12.5 Å². The van der Waals surface area contributed by atoms with Gasteiger partial charge in [-0.2, -0.15) is 5.10 Å². The Morgan fingerprint density at radius 1 is 1.03 bits per heavy atom. The summed E-state index contributed by atoms with van der Waals surface area (Å²) < 4.78 is 1.70. The summed E-state index contributed by atoms with van der Waals surface area (Å²) >= 11 is 0. The Kier molecular flexibility index (Phi) is 4.20. The Bertz CT molecular complexity index is 1190. The lowest BCUT2D eigenvalue weighted by Crippen LogP contribution is -2.33. The number of aryl methyl sites for hydroxylation is 1. The minimum atomic E-state index is -0.336. The maximum Gasteiger partial charge on any atom is 0.249 e. The van der Waals surface area contributed by atoms with E-state index in [-0.39, 0.29) is 11.9 Å². The van der Waals surface area contributed by atoms with E-state index in [4.69, 9.17) is 9.97 Å². The van der Waals surface area contributed by atoms with Gasteiger partial charge >= 0.3 is 0 Å². The van der Waals surface area contributed by atoms with Gasteiger partial charge < -0.3 is 10.2 Å². The van der Waals surface area contributed by atoms with Crippen molar-refractivity contribution in [3.63, 3.8) is 0 Å². The zero-order valence-electron chi connectivity index (χ0n) is 16.0. The molecule has 7 heteroatoms. The topological polar surface area (TPSA) is 75.9 Å². The second-order valence-electron chi connectivity index (χ2n) is 7.13. The third kappa shape index (κ3) is 3.20. The molecule has 1 unspecified atom stereocenters. The summed E-state index contributed by atoms with van der Waals surface area (Å²) in [5.41, 5.74) is 2.61. The van der Waals surface area contributed by atoms with Crippen molar-refractivity contribution >= 4 is 28.3 Å². The first-order chi connectivity index (χ1) is 14.2. The molecular weight excluding hydrogens is 364 g/mol. The number of carbonyl (C=O) groups is 1. The summed E-state index contributed by atoms with van der Waals surface area (Å²) in [7, 11) is 1.85. The number of fused-ring (bicyclic) bond motifs is 1. The number of anilines is 2. The molecule has 0 aliphatic carbocycles. The summed E-state index contributed by atoms with van der Waals surface area (Å²) in [6.45, 7) is 0.650. The molecule has 0 spiro atoms. The summed E-state index contributed by atoms with van der Waals surface area (Å²) in [4.78, 5) is 24.2. The van der Waals surface area contributed by atoms with Gasteiger partial charge in [0, 0.05) is 30.7 Å². The lowest BCUT2D eigenvalue weighted by atomic mass is 10.1. The second-order valence-corrected chi connectivity index (χ2v) is 7.13. The van der Waals surface area contributed by atoms with Crippen molar-refractivity contribution in [2.24, 2.45) is 7.05 Å². The highest BCUT2D eigenvalue weighted by Crippen LogP contribution is 2.28. The van der Waals surface area contributed by atoms with Gasteiger partial charge in [-0.25, -0.2) is 9.97 Å². The standard InChI is InChI=1S/C22H20N6O/c1-27-14-16(13-23-27)28-12-11-19(22(28)29)25-21-17-9-5-6-10-18(17)24-20(26-21)15-7-3-2-4-8-15/h2-10,13-14,19H,11-12H2,1H3,(H,24,25,26). The zero-order chi connectivity index (χ0) is 19.8.